The van der Waals surface area contributed by atoms with Gasteiger partial charge in [-0.1, -0.05) is 45.1 Å². The number of unbranched alkanes of at least 4 members (excludes halogenated alkanes) is 5. The number of carbonyl (C=O) groups excluding carboxylic acids is 2. The van der Waals surface area contributed by atoms with Crippen molar-refractivity contribution in [2.45, 2.75) is 95.8 Å². The molecule has 7 heteroatoms. The molecule has 164 valence electrons. The maximum atomic E-state index is 12.1. The fraction of sp³-hybridized carbons (Fsp3) is 0.810. The second-order valence-corrected chi connectivity index (χ2v) is 9.61. The van der Waals surface area contributed by atoms with Crippen LogP contribution in [0.25, 0.3) is 0 Å². The van der Waals surface area contributed by atoms with Crippen molar-refractivity contribution in [3.63, 3.8) is 0 Å². The van der Waals surface area contributed by atoms with Gasteiger partial charge in [0.05, 0.1) is 12.4 Å². The molecule has 0 heterocycles. The summed E-state index contributed by atoms with van der Waals surface area (Å²) in [6, 6.07) is 0. The summed E-state index contributed by atoms with van der Waals surface area (Å²) >= 11 is 0. The topological polar surface area (TPSA) is 86.7 Å². The highest BCUT2D eigenvalue weighted by Crippen LogP contribution is 2.17. The van der Waals surface area contributed by atoms with Gasteiger partial charge in [-0.05, 0) is 38.2 Å². The Bertz CT molecular complexity index is 567. The zero-order valence-corrected chi connectivity index (χ0v) is 18.8. The van der Waals surface area contributed by atoms with Crippen molar-refractivity contribution >= 4 is 21.8 Å². The van der Waals surface area contributed by atoms with Crippen molar-refractivity contribution in [1.82, 2.24) is 0 Å². The van der Waals surface area contributed by atoms with Gasteiger partial charge in [0.1, 0.15) is 6.10 Å². The Morgan fingerprint density at radius 3 is 2.21 bits per heavy atom. The van der Waals surface area contributed by atoms with Gasteiger partial charge in [-0.2, -0.15) is 0 Å². The third-order valence-electron chi connectivity index (χ3n) is 4.65. The van der Waals surface area contributed by atoms with Crippen molar-refractivity contribution in [1.29, 1.82) is 0 Å². The van der Waals surface area contributed by atoms with Gasteiger partial charge in [0.2, 0.25) is 0 Å². The average molecular weight is 419 g/mol. The van der Waals surface area contributed by atoms with Crippen molar-refractivity contribution < 1.29 is 27.5 Å². The molecule has 0 saturated heterocycles. The molecule has 0 aliphatic rings. The predicted molar refractivity (Wildman–Crippen MR) is 112 cm³/mol. The number of esters is 2. The minimum Gasteiger partial charge on any atom is -0.469 e. The van der Waals surface area contributed by atoms with Gasteiger partial charge in [-0.25, -0.2) is 8.42 Å². The molecule has 0 aromatic rings. The van der Waals surface area contributed by atoms with Gasteiger partial charge in [0.25, 0.3) is 0 Å². The van der Waals surface area contributed by atoms with Crippen LogP contribution in [0.3, 0.4) is 0 Å². The molecule has 0 aliphatic heterocycles. The first-order valence-corrected chi connectivity index (χ1v) is 12.3. The first-order chi connectivity index (χ1) is 13.2. The Kier molecular flexibility index (Phi) is 14.8. The van der Waals surface area contributed by atoms with Crippen LogP contribution in [0.1, 0.15) is 84.5 Å². The van der Waals surface area contributed by atoms with E-state index >= 15 is 0 Å². The van der Waals surface area contributed by atoms with Crippen LogP contribution in [0.4, 0.5) is 0 Å². The average Bonchev–Trinajstić information content (AvgIpc) is 2.61. The van der Waals surface area contributed by atoms with E-state index in [2.05, 4.69) is 11.7 Å². The van der Waals surface area contributed by atoms with Crippen molar-refractivity contribution in [3.8, 4) is 0 Å². The summed E-state index contributed by atoms with van der Waals surface area (Å²) in [4.78, 5) is 22.3. The van der Waals surface area contributed by atoms with Crippen LogP contribution in [0, 0.1) is 0 Å². The lowest BCUT2D eigenvalue weighted by molar-refractivity contribution is -0.144. The van der Waals surface area contributed by atoms with Crippen LogP contribution in [-0.2, 0) is 28.9 Å². The van der Waals surface area contributed by atoms with Gasteiger partial charge in [0, 0.05) is 19.6 Å². The number of rotatable bonds is 16. The number of sulfone groups is 1. The molecule has 0 radical (unpaired) electrons. The maximum Gasteiger partial charge on any atom is 0.305 e. The minimum atomic E-state index is -3.15. The Hall–Kier alpha value is -1.37. The largest absolute Gasteiger partial charge is 0.469 e. The van der Waals surface area contributed by atoms with Crippen LogP contribution < -0.4 is 0 Å². The molecule has 0 rings (SSSR count). The first kappa shape index (κ1) is 26.6. The molecule has 0 fully saturated rings. The van der Waals surface area contributed by atoms with Gasteiger partial charge < -0.3 is 9.47 Å². The molecule has 0 spiro atoms. The molecule has 0 aromatic carbocycles. The van der Waals surface area contributed by atoms with E-state index in [1.54, 1.807) is 0 Å². The van der Waals surface area contributed by atoms with Gasteiger partial charge >= 0.3 is 11.9 Å². The number of hydrogen-bond donors (Lipinski definition) is 0. The SMILES string of the molecule is CCCCCC(C=CCC(CCCCCCC(=O)OC)S(C)(=O)=O)OC(C)=O. The molecule has 0 aromatic heterocycles. The fourth-order valence-corrected chi connectivity index (χ4v) is 4.04. The molecular weight excluding hydrogens is 380 g/mol. The molecule has 28 heavy (non-hydrogen) atoms. The molecule has 2 unspecified atom stereocenters. The predicted octanol–water partition coefficient (Wildman–Crippen LogP) is 4.37. The van der Waals surface area contributed by atoms with E-state index in [4.69, 9.17) is 4.74 Å². The van der Waals surface area contributed by atoms with E-state index in [1.165, 1.54) is 20.3 Å². The summed E-state index contributed by atoms with van der Waals surface area (Å²) in [5, 5.41) is -0.432. The van der Waals surface area contributed by atoms with Gasteiger partial charge in [0.15, 0.2) is 9.84 Å². The second kappa shape index (κ2) is 15.5. The zero-order valence-electron chi connectivity index (χ0n) is 17.9. The lowest BCUT2D eigenvalue weighted by Crippen LogP contribution is -2.20. The van der Waals surface area contributed by atoms with E-state index in [1.807, 2.05) is 12.2 Å². The number of hydrogen-bond acceptors (Lipinski definition) is 6. The van der Waals surface area contributed by atoms with E-state index in [0.29, 0.717) is 19.3 Å². The van der Waals surface area contributed by atoms with Crippen LogP contribution in [0.15, 0.2) is 12.2 Å². The van der Waals surface area contributed by atoms with E-state index < -0.39 is 15.1 Å². The zero-order chi connectivity index (χ0) is 21.4. The lowest BCUT2D eigenvalue weighted by atomic mass is 10.1. The highest BCUT2D eigenvalue weighted by Gasteiger charge is 2.19. The summed E-state index contributed by atoms with van der Waals surface area (Å²) < 4.78 is 34.0. The third-order valence-corrected chi connectivity index (χ3v) is 6.29. The maximum absolute atomic E-state index is 12.1. The molecule has 0 aliphatic carbocycles. The second-order valence-electron chi connectivity index (χ2n) is 7.29. The molecule has 2 atom stereocenters. The Morgan fingerprint density at radius 2 is 1.64 bits per heavy atom. The van der Waals surface area contributed by atoms with Crippen LogP contribution >= 0.6 is 0 Å². The lowest BCUT2D eigenvalue weighted by Gasteiger charge is -2.15. The monoisotopic (exact) mass is 418 g/mol. The molecule has 0 bridgehead atoms. The summed E-state index contributed by atoms with van der Waals surface area (Å²) in [5.41, 5.74) is 0. The summed E-state index contributed by atoms with van der Waals surface area (Å²) in [6.07, 6.45) is 13.3. The van der Waals surface area contributed by atoms with Crippen molar-refractivity contribution in [3.05, 3.63) is 12.2 Å². The molecular formula is C21H38O6S. The fourth-order valence-electron chi connectivity index (χ4n) is 2.99. The quantitative estimate of drug-likeness (QED) is 0.210. The number of allylic oxidation sites excluding steroid dienone is 1. The Labute approximate surface area is 171 Å². The summed E-state index contributed by atoms with van der Waals surface area (Å²) in [5.74, 6) is -0.529. The molecule has 0 amide bonds. The standard InChI is InChI=1S/C21H38O6S/c1-5-6-9-13-19(27-18(2)22)14-12-16-20(28(4,24)25)15-10-7-8-11-17-21(23)26-3/h12,14,19-20H,5-11,13,15-17H2,1-4H3. The van der Waals surface area contributed by atoms with Gasteiger partial charge in [-0.15, -0.1) is 0 Å². The summed E-state index contributed by atoms with van der Waals surface area (Å²) in [7, 11) is -1.77. The molecule has 0 N–H and O–H groups in total. The number of ether oxygens (including phenoxy) is 2. The summed E-state index contributed by atoms with van der Waals surface area (Å²) in [6.45, 7) is 3.50. The molecule has 0 saturated carbocycles. The van der Waals surface area contributed by atoms with Crippen molar-refractivity contribution in [2.24, 2.45) is 0 Å². The number of carbonyl (C=O) groups is 2. The number of methoxy groups -OCH3 is 1. The van der Waals surface area contributed by atoms with E-state index in [9.17, 15) is 18.0 Å². The van der Waals surface area contributed by atoms with Crippen LogP contribution in [0.5, 0.6) is 0 Å². The first-order valence-electron chi connectivity index (χ1n) is 10.3. The normalized spacial score (nSPS) is 14.0. The third kappa shape index (κ3) is 14.7. The Balaban J connectivity index is 4.46. The smallest absolute Gasteiger partial charge is 0.305 e. The van der Waals surface area contributed by atoms with Crippen molar-refractivity contribution in [2.75, 3.05) is 13.4 Å². The van der Waals surface area contributed by atoms with Crippen LogP contribution in [0.2, 0.25) is 0 Å². The minimum absolute atomic E-state index is 0.208. The Morgan fingerprint density at radius 1 is 1.00 bits per heavy atom. The van der Waals surface area contributed by atoms with E-state index in [0.717, 1.165) is 51.4 Å². The van der Waals surface area contributed by atoms with Gasteiger partial charge in [-0.3, -0.25) is 9.59 Å². The highest BCUT2D eigenvalue weighted by atomic mass is 32.2. The van der Waals surface area contributed by atoms with Crippen LogP contribution in [-0.4, -0.2) is 45.1 Å². The molecule has 6 nitrogen and oxygen atoms in total. The van der Waals surface area contributed by atoms with E-state index in [-0.39, 0.29) is 18.0 Å². The highest BCUT2D eigenvalue weighted by molar-refractivity contribution is 7.91.